The van der Waals surface area contributed by atoms with E-state index in [4.69, 9.17) is 9.66 Å². The molecule has 0 fully saturated rings. The molecular weight excluding hydrogens is 180 g/mol. The third-order valence-electron chi connectivity index (χ3n) is 1.32. The van der Waals surface area contributed by atoms with Crippen molar-refractivity contribution in [3.63, 3.8) is 0 Å². The summed E-state index contributed by atoms with van der Waals surface area (Å²) in [6.45, 7) is 1.67. The van der Waals surface area contributed by atoms with Crippen molar-refractivity contribution in [2.24, 2.45) is 0 Å². The highest BCUT2D eigenvalue weighted by atomic mass is 32.2. The molecule has 1 aromatic rings. The minimum absolute atomic E-state index is 0.101. The third kappa shape index (κ3) is 2.21. The fourth-order valence-electron chi connectivity index (χ4n) is 0.804. The first-order valence-corrected chi connectivity index (χ1v) is 4.21. The lowest BCUT2D eigenvalue weighted by atomic mass is 10.2. The lowest BCUT2D eigenvalue weighted by Gasteiger charge is -2.03. The minimum atomic E-state index is -2.32. The summed E-state index contributed by atoms with van der Waals surface area (Å²) in [7, 11) is 0. The predicted octanol–water partition coefficient (Wildman–Crippen LogP) is 1.22. The van der Waals surface area contributed by atoms with Gasteiger partial charge in [0.15, 0.2) is 0 Å². The molecule has 0 aliphatic heterocycles. The maximum absolute atomic E-state index is 10.2. The van der Waals surface area contributed by atoms with Gasteiger partial charge >= 0.3 is 11.4 Å². The fraction of sp³-hybridized carbons (Fsp3) is 0.143. The normalized spacial score (nSPS) is 12.5. The molecule has 0 aliphatic rings. The summed E-state index contributed by atoms with van der Waals surface area (Å²) in [5, 5.41) is 8.98. The van der Waals surface area contributed by atoms with Gasteiger partial charge in [-0.05, 0) is 30.7 Å². The molecule has 1 unspecified atom stereocenters. The van der Waals surface area contributed by atoms with Crippen LogP contribution in [0.4, 0.5) is 0 Å². The van der Waals surface area contributed by atoms with Crippen LogP contribution in [-0.2, 0) is 11.4 Å². The minimum Gasteiger partial charge on any atom is -0.508 e. The zero-order valence-electron chi connectivity index (χ0n) is 6.35. The molecule has 0 saturated carbocycles. The van der Waals surface area contributed by atoms with Gasteiger partial charge in [-0.3, -0.25) is 4.55 Å². The van der Waals surface area contributed by atoms with Crippen molar-refractivity contribution in [1.29, 1.82) is 0 Å². The first kappa shape index (κ1) is 9.02. The molecular formula is C7H8O4S. The molecule has 0 bridgehead atoms. The van der Waals surface area contributed by atoms with Crippen LogP contribution in [0.25, 0.3) is 0 Å². The topological polar surface area (TPSA) is 66.8 Å². The van der Waals surface area contributed by atoms with Crippen LogP contribution in [0.1, 0.15) is 5.56 Å². The molecule has 2 N–H and O–H groups in total. The Morgan fingerprint density at radius 1 is 1.50 bits per heavy atom. The van der Waals surface area contributed by atoms with Gasteiger partial charge in [0.2, 0.25) is 0 Å². The van der Waals surface area contributed by atoms with E-state index in [1.54, 1.807) is 6.92 Å². The number of phenolic OH excluding ortho intramolecular Hbond substituents is 1. The van der Waals surface area contributed by atoms with Gasteiger partial charge in [0.1, 0.15) is 11.5 Å². The molecule has 0 amide bonds. The average molecular weight is 188 g/mol. The van der Waals surface area contributed by atoms with Crippen LogP contribution < -0.4 is 4.18 Å². The molecule has 0 aromatic heterocycles. The average Bonchev–Trinajstić information content (AvgIpc) is 1.94. The second-order valence-corrected chi connectivity index (χ2v) is 2.85. The first-order chi connectivity index (χ1) is 5.59. The Hall–Kier alpha value is -1.07. The quantitative estimate of drug-likeness (QED) is 0.685. The van der Waals surface area contributed by atoms with Gasteiger partial charge in [0.25, 0.3) is 0 Å². The Bertz CT molecular complexity index is 310. The van der Waals surface area contributed by atoms with Crippen LogP contribution in [0.2, 0.25) is 0 Å². The maximum Gasteiger partial charge on any atom is 0.357 e. The molecule has 66 valence electrons. The van der Waals surface area contributed by atoms with Gasteiger partial charge in [-0.25, -0.2) is 0 Å². The van der Waals surface area contributed by atoms with E-state index in [2.05, 4.69) is 4.18 Å². The number of hydrogen-bond acceptors (Lipinski definition) is 3. The largest absolute Gasteiger partial charge is 0.508 e. The van der Waals surface area contributed by atoms with Crippen LogP contribution in [0.15, 0.2) is 18.2 Å². The highest BCUT2D eigenvalue weighted by Gasteiger charge is 2.02. The lowest BCUT2D eigenvalue weighted by Crippen LogP contribution is -1.98. The molecule has 5 heteroatoms. The van der Waals surface area contributed by atoms with Crippen molar-refractivity contribution in [3.8, 4) is 11.5 Å². The van der Waals surface area contributed by atoms with Crippen LogP contribution >= 0.6 is 0 Å². The third-order valence-corrected chi connectivity index (χ3v) is 1.64. The van der Waals surface area contributed by atoms with E-state index in [0.717, 1.165) is 0 Å². The second kappa shape index (κ2) is 3.55. The lowest BCUT2D eigenvalue weighted by molar-refractivity contribution is 0.451. The zero-order chi connectivity index (χ0) is 9.14. The van der Waals surface area contributed by atoms with Gasteiger partial charge in [0.05, 0.1) is 0 Å². The van der Waals surface area contributed by atoms with Crippen molar-refractivity contribution in [2.75, 3.05) is 0 Å². The summed E-state index contributed by atoms with van der Waals surface area (Å²) in [6.07, 6.45) is 0. The summed E-state index contributed by atoms with van der Waals surface area (Å²) in [4.78, 5) is 0. The van der Waals surface area contributed by atoms with Crippen molar-refractivity contribution in [1.82, 2.24) is 0 Å². The number of benzene rings is 1. The molecule has 12 heavy (non-hydrogen) atoms. The number of aryl methyl sites for hydroxylation is 1. The fourth-order valence-corrected chi connectivity index (χ4v) is 1.14. The summed E-state index contributed by atoms with van der Waals surface area (Å²) >= 11 is -2.32. The molecule has 0 radical (unpaired) electrons. The van der Waals surface area contributed by atoms with Gasteiger partial charge in [-0.1, -0.05) is 0 Å². The number of aromatic hydroxyl groups is 1. The van der Waals surface area contributed by atoms with E-state index in [1.165, 1.54) is 18.2 Å². The molecule has 4 nitrogen and oxygen atoms in total. The Kier molecular flexibility index (Phi) is 2.67. The number of phenols is 1. The number of hydrogen-bond donors (Lipinski definition) is 2. The van der Waals surface area contributed by atoms with Crippen LogP contribution in [-0.4, -0.2) is 13.9 Å². The molecule has 0 aliphatic carbocycles. The zero-order valence-corrected chi connectivity index (χ0v) is 7.17. The van der Waals surface area contributed by atoms with E-state index in [9.17, 15) is 4.21 Å². The first-order valence-electron chi connectivity index (χ1n) is 3.18. The SMILES string of the molecule is Cc1cc(O)ccc1OS(=O)O. The van der Waals surface area contributed by atoms with Crippen molar-refractivity contribution < 1.29 is 18.1 Å². The van der Waals surface area contributed by atoms with Crippen LogP contribution in [0.5, 0.6) is 11.5 Å². The summed E-state index contributed by atoms with van der Waals surface area (Å²) in [5.41, 5.74) is 0.609. The van der Waals surface area contributed by atoms with Gasteiger partial charge < -0.3 is 9.29 Å². The smallest absolute Gasteiger partial charge is 0.357 e. The van der Waals surface area contributed by atoms with Crippen LogP contribution in [0, 0.1) is 6.92 Å². The van der Waals surface area contributed by atoms with Gasteiger partial charge in [0, 0.05) is 0 Å². The Morgan fingerprint density at radius 2 is 2.17 bits per heavy atom. The second-order valence-electron chi connectivity index (χ2n) is 2.25. The molecule has 1 aromatic carbocycles. The van der Waals surface area contributed by atoms with Gasteiger partial charge in [-0.15, -0.1) is 0 Å². The van der Waals surface area contributed by atoms with Crippen molar-refractivity contribution in [2.45, 2.75) is 6.92 Å². The van der Waals surface area contributed by atoms with E-state index in [-0.39, 0.29) is 11.5 Å². The Morgan fingerprint density at radius 3 is 2.67 bits per heavy atom. The summed E-state index contributed by atoms with van der Waals surface area (Å²) in [5.74, 6) is 0.386. The van der Waals surface area contributed by atoms with Crippen molar-refractivity contribution >= 4 is 11.4 Å². The monoisotopic (exact) mass is 188 g/mol. The van der Waals surface area contributed by atoms with Crippen molar-refractivity contribution in [3.05, 3.63) is 23.8 Å². The van der Waals surface area contributed by atoms with E-state index in [0.29, 0.717) is 5.56 Å². The molecule has 0 saturated heterocycles. The predicted molar refractivity (Wildman–Crippen MR) is 44.2 cm³/mol. The summed E-state index contributed by atoms with van der Waals surface area (Å²) in [6, 6.07) is 4.26. The Labute approximate surface area is 72.3 Å². The summed E-state index contributed by atoms with van der Waals surface area (Å²) < 4.78 is 23.1. The molecule has 1 atom stereocenters. The highest BCUT2D eigenvalue weighted by Crippen LogP contribution is 2.22. The van der Waals surface area contributed by atoms with Gasteiger partial charge in [-0.2, -0.15) is 4.21 Å². The van der Waals surface area contributed by atoms with Crippen LogP contribution in [0.3, 0.4) is 0 Å². The number of rotatable bonds is 2. The van der Waals surface area contributed by atoms with E-state index >= 15 is 0 Å². The molecule has 0 spiro atoms. The Balaban J connectivity index is 2.93. The standard InChI is InChI=1S/C7H8O4S/c1-5-4-6(8)2-3-7(5)11-12(9)10/h2-4,8H,1H3,(H,9,10). The molecule has 1 rings (SSSR count). The van der Waals surface area contributed by atoms with E-state index < -0.39 is 11.4 Å². The maximum atomic E-state index is 10.2. The molecule has 0 heterocycles. The van der Waals surface area contributed by atoms with E-state index in [1.807, 2.05) is 0 Å². The highest BCUT2D eigenvalue weighted by molar-refractivity contribution is 7.74.